The fourth-order valence-electron chi connectivity index (χ4n) is 4.27. The Morgan fingerprint density at radius 2 is 2.17 bits per heavy atom. The highest BCUT2D eigenvalue weighted by Crippen LogP contribution is 2.43. The first-order valence-corrected chi connectivity index (χ1v) is 11.2. The van der Waals surface area contributed by atoms with E-state index in [9.17, 15) is 4.39 Å². The van der Waals surface area contributed by atoms with Gasteiger partial charge in [0, 0.05) is 49.5 Å². The van der Waals surface area contributed by atoms with Crippen molar-refractivity contribution in [3.8, 4) is 0 Å². The van der Waals surface area contributed by atoms with Crippen LogP contribution in [0.5, 0.6) is 0 Å². The summed E-state index contributed by atoms with van der Waals surface area (Å²) in [6.45, 7) is 3.47. The summed E-state index contributed by atoms with van der Waals surface area (Å²) in [7, 11) is 1.75. The molecule has 0 unspecified atom stereocenters. The number of ether oxygens (including phenoxy) is 1. The summed E-state index contributed by atoms with van der Waals surface area (Å²) in [5, 5.41) is 9.30. The maximum Gasteiger partial charge on any atom is 0.140 e. The molecular weight excluding hydrogens is 399 g/mol. The fourth-order valence-corrected chi connectivity index (χ4v) is 5.38. The molecule has 0 radical (unpaired) electrons. The van der Waals surface area contributed by atoms with E-state index in [1.165, 1.54) is 22.2 Å². The molecule has 3 heterocycles. The smallest absolute Gasteiger partial charge is 0.140 e. The number of halogens is 1. The predicted octanol–water partition coefficient (Wildman–Crippen LogP) is 4.88. The maximum absolute atomic E-state index is 13.9. The number of piperazine rings is 1. The van der Waals surface area contributed by atoms with Crippen molar-refractivity contribution in [1.82, 2.24) is 10.2 Å². The third-order valence-electron chi connectivity index (χ3n) is 5.71. The van der Waals surface area contributed by atoms with Gasteiger partial charge >= 0.3 is 0 Å². The molecule has 30 heavy (non-hydrogen) atoms. The first-order valence-electron chi connectivity index (χ1n) is 10.4. The minimum absolute atomic E-state index is 0.261. The minimum Gasteiger partial charge on any atom is -0.385 e. The van der Waals surface area contributed by atoms with Gasteiger partial charge in [0.05, 0.1) is 16.9 Å². The number of nitrogens with zero attached hydrogens (tertiary/aromatic N) is 2. The molecule has 156 valence electrons. The summed E-state index contributed by atoms with van der Waals surface area (Å²) in [6, 6.07) is 13.6. The van der Waals surface area contributed by atoms with Crippen molar-refractivity contribution in [1.29, 1.82) is 0 Å². The van der Waals surface area contributed by atoms with Gasteiger partial charge < -0.3 is 20.3 Å². The zero-order chi connectivity index (χ0) is 20.5. The van der Waals surface area contributed by atoms with E-state index in [4.69, 9.17) is 9.73 Å². The van der Waals surface area contributed by atoms with Gasteiger partial charge in [-0.15, -0.1) is 11.3 Å². The quantitative estimate of drug-likeness (QED) is 0.587. The van der Waals surface area contributed by atoms with Crippen LogP contribution in [0.4, 0.5) is 20.8 Å². The van der Waals surface area contributed by atoms with Crippen LogP contribution in [-0.2, 0) is 4.74 Å². The summed E-state index contributed by atoms with van der Waals surface area (Å²) in [5.74, 6) is 0.710. The van der Waals surface area contributed by atoms with Gasteiger partial charge in [0.15, 0.2) is 0 Å². The van der Waals surface area contributed by atoms with E-state index in [-0.39, 0.29) is 5.82 Å². The Morgan fingerprint density at radius 3 is 3.07 bits per heavy atom. The van der Waals surface area contributed by atoms with Crippen LogP contribution in [0.3, 0.4) is 0 Å². The number of amidine groups is 1. The summed E-state index contributed by atoms with van der Waals surface area (Å²) >= 11 is 1.69. The monoisotopic (exact) mass is 424 g/mol. The number of anilines is 2. The highest BCUT2D eigenvalue weighted by molar-refractivity contribution is 7.23. The third kappa shape index (κ3) is 3.69. The largest absolute Gasteiger partial charge is 0.385 e. The SMILES string of the molecule is COCCC[C@H]1CN(C2=Nc3ccc(F)cc3Nc3sc4ccccc4c32)CCN1. The zero-order valence-electron chi connectivity index (χ0n) is 17.0. The molecule has 0 spiro atoms. The van der Waals surface area contributed by atoms with Crippen LogP contribution in [0.1, 0.15) is 18.4 Å². The maximum atomic E-state index is 13.9. The summed E-state index contributed by atoms with van der Waals surface area (Å²) < 4.78 is 20.4. The van der Waals surface area contributed by atoms with Crippen molar-refractivity contribution < 1.29 is 9.13 Å². The molecular formula is C23H25FN4OS. The van der Waals surface area contributed by atoms with Gasteiger partial charge in [-0.2, -0.15) is 0 Å². The Bertz CT molecular complexity index is 1100. The van der Waals surface area contributed by atoms with Gasteiger partial charge in [0.2, 0.25) is 0 Å². The number of benzene rings is 2. The van der Waals surface area contributed by atoms with E-state index in [0.29, 0.717) is 11.7 Å². The zero-order valence-corrected chi connectivity index (χ0v) is 17.8. The molecule has 0 bridgehead atoms. The number of fused-ring (bicyclic) bond motifs is 4. The van der Waals surface area contributed by atoms with Crippen molar-refractivity contribution in [3.05, 3.63) is 53.8 Å². The lowest BCUT2D eigenvalue weighted by molar-refractivity contribution is 0.182. The highest BCUT2D eigenvalue weighted by Gasteiger charge is 2.29. The Hall–Kier alpha value is -2.48. The Kier molecular flexibility index (Phi) is 5.41. The Balaban J connectivity index is 1.57. The van der Waals surface area contributed by atoms with Crippen LogP contribution in [-0.4, -0.2) is 50.1 Å². The summed E-state index contributed by atoms with van der Waals surface area (Å²) in [6.07, 6.45) is 2.10. The average molecular weight is 425 g/mol. The third-order valence-corrected chi connectivity index (χ3v) is 6.79. The standard InChI is InChI=1S/C23H25FN4OS/c1-29-12-4-5-16-14-28(11-10-25-16)22-21-17-6-2-3-7-20(17)30-23(21)27-19-13-15(24)8-9-18(19)26-22/h2-3,6-9,13,16,25,27H,4-5,10-12,14H2,1H3/t16-/m0/s1. The molecule has 5 nitrogen and oxygen atoms in total. The Labute approximate surface area is 179 Å². The van der Waals surface area contributed by atoms with E-state index in [1.807, 2.05) is 0 Å². The van der Waals surface area contributed by atoms with Crippen LogP contribution in [0, 0.1) is 5.82 Å². The lowest BCUT2D eigenvalue weighted by Crippen LogP contribution is -2.52. The van der Waals surface area contributed by atoms with Crippen LogP contribution >= 0.6 is 11.3 Å². The molecule has 2 N–H and O–H groups in total. The Morgan fingerprint density at radius 1 is 1.27 bits per heavy atom. The van der Waals surface area contributed by atoms with Crippen molar-refractivity contribution in [3.63, 3.8) is 0 Å². The molecule has 1 atom stereocenters. The first kappa shape index (κ1) is 19.5. The van der Waals surface area contributed by atoms with Crippen LogP contribution in [0.15, 0.2) is 47.5 Å². The minimum atomic E-state index is -0.261. The van der Waals surface area contributed by atoms with E-state index in [2.05, 4.69) is 39.8 Å². The normalized spacial score (nSPS) is 18.4. The van der Waals surface area contributed by atoms with E-state index in [0.717, 1.165) is 61.2 Å². The number of rotatable bonds is 4. The van der Waals surface area contributed by atoms with Crippen molar-refractivity contribution in [2.45, 2.75) is 18.9 Å². The first-order chi connectivity index (χ1) is 14.7. The number of aliphatic imine (C=N–C) groups is 1. The topological polar surface area (TPSA) is 48.9 Å². The predicted molar refractivity (Wildman–Crippen MR) is 122 cm³/mol. The molecule has 1 aromatic heterocycles. The van der Waals surface area contributed by atoms with E-state index in [1.54, 1.807) is 24.5 Å². The number of methoxy groups -OCH3 is 1. The molecule has 0 aliphatic carbocycles. The lowest BCUT2D eigenvalue weighted by atomic mass is 10.1. The van der Waals surface area contributed by atoms with Crippen molar-refractivity contribution >= 4 is 43.6 Å². The summed E-state index contributed by atoms with van der Waals surface area (Å²) in [4.78, 5) is 7.45. The van der Waals surface area contributed by atoms with Crippen LogP contribution in [0.2, 0.25) is 0 Å². The molecule has 0 amide bonds. The molecule has 2 aliphatic rings. The molecule has 3 aromatic rings. The number of nitrogens with one attached hydrogen (secondary N) is 2. The molecule has 0 saturated carbocycles. The molecule has 1 saturated heterocycles. The van der Waals surface area contributed by atoms with Crippen LogP contribution in [0.25, 0.3) is 10.1 Å². The molecule has 2 aliphatic heterocycles. The van der Waals surface area contributed by atoms with Gasteiger partial charge in [-0.1, -0.05) is 18.2 Å². The number of hydrogen-bond acceptors (Lipinski definition) is 6. The number of thiophene rings is 1. The van der Waals surface area contributed by atoms with Gasteiger partial charge in [-0.25, -0.2) is 9.38 Å². The average Bonchev–Trinajstić information content (AvgIpc) is 3.03. The fraction of sp³-hybridized carbons (Fsp3) is 0.348. The van der Waals surface area contributed by atoms with Crippen LogP contribution < -0.4 is 10.6 Å². The molecule has 5 rings (SSSR count). The molecule has 2 aromatic carbocycles. The lowest BCUT2D eigenvalue weighted by Gasteiger charge is -2.36. The number of hydrogen-bond donors (Lipinski definition) is 2. The van der Waals surface area contributed by atoms with E-state index < -0.39 is 0 Å². The van der Waals surface area contributed by atoms with Gasteiger partial charge in [0.25, 0.3) is 0 Å². The molecule has 7 heteroatoms. The second-order valence-electron chi connectivity index (χ2n) is 7.76. The molecule has 1 fully saturated rings. The van der Waals surface area contributed by atoms with Gasteiger partial charge in [0.1, 0.15) is 16.7 Å². The summed E-state index contributed by atoms with van der Waals surface area (Å²) in [5.41, 5.74) is 2.60. The second-order valence-corrected chi connectivity index (χ2v) is 8.81. The van der Waals surface area contributed by atoms with Crippen molar-refractivity contribution in [2.75, 3.05) is 38.7 Å². The second kappa shape index (κ2) is 8.34. The van der Waals surface area contributed by atoms with Crippen molar-refractivity contribution in [2.24, 2.45) is 4.99 Å². The van der Waals surface area contributed by atoms with Gasteiger partial charge in [-0.3, -0.25) is 0 Å². The highest BCUT2D eigenvalue weighted by atomic mass is 32.1. The van der Waals surface area contributed by atoms with E-state index >= 15 is 0 Å². The van der Waals surface area contributed by atoms with Gasteiger partial charge in [-0.05, 0) is 37.1 Å².